The molecule has 0 aliphatic carbocycles. The quantitative estimate of drug-likeness (QED) is 0.532. The van der Waals surface area contributed by atoms with Crippen molar-refractivity contribution < 1.29 is 19.5 Å². The number of hydrogen-bond acceptors (Lipinski definition) is 4. The number of carbonyl (C=O) groups excluding carboxylic acids is 2. The van der Waals surface area contributed by atoms with Crippen LogP contribution in [-0.2, 0) is 16.6 Å². The molecule has 1 heterocycles. The van der Waals surface area contributed by atoms with Crippen LogP contribution in [0.2, 0.25) is 0 Å². The van der Waals surface area contributed by atoms with Crippen LogP contribution >= 0.6 is 0 Å². The Bertz CT molecular complexity index is 499. The molecule has 0 aliphatic heterocycles. The van der Waals surface area contributed by atoms with Crippen LogP contribution in [0.1, 0.15) is 18.0 Å². The molecule has 1 aromatic heterocycles. The first-order valence-electron chi connectivity index (χ1n) is 5.90. The average Bonchev–Trinajstić information content (AvgIpc) is 2.81. The van der Waals surface area contributed by atoms with Crippen LogP contribution in [0.4, 0.5) is 4.79 Å². The lowest BCUT2D eigenvalue weighted by Gasteiger charge is -2.13. The largest absolute Gasteiger partial charge is 0.479 e. The minimum atomic E-state index is -1.19. The second kappa shape index (κ2) is 7.12. The van der Waals surface area contributed by atoms with Crippen molar-refractivity contribution in [2.75, 3.05) is 13.6 Å². The maximum atomic E-state index is 11.6. The maximum absolute atomic E-state index is 11.6. The van der Waals surface area contributed by atoms with Crippen LogP contribution in [0.15, 0.2) is 12.4 Å². The molecule has 1 rings (SSSR count). The number of aromatic nitrogens is 2. The Balaban J connectivity index is 2.52. The zero-order valence-electron chi connectivity index (χ0n) is 11.2. The van der Waals surface area contributed by atoms with Crippen LogP contribution in [-0.4, -0.2) is 46.4 Å². The number of nitrogens with zero attached hydrogens (tertiary/aromatic N) is 2. The Hall–Kier alpha value is -2.58. The summed E-state index contributed by atoms with van der Waals surface area (Å²) in [6, 6.07) is -1.85. The molecular weight excluding hydrogens is 266 g/mol. The van der Waals surface area contributed by atoms with E-state index in [2.05, 4.69) is 21.0 Å². The molecule has 9 heteroatoms. The van der Waals surface area contributed by atoms with Gasteiger partial charge in [-0.3, -0.25) is 9.48 Å². The molecule has 9 nitrogen and oxygen atoms in total. The first-order valence-corrected chi connectivity index (χ1v) is 5.90. The van der Waals surface area contributed by atoms with Gasteiger partial charge in [0.05, 0.1) is 6.20 Å². The van der Waals surface area contributed by atoms with Crippen LogP contribution in [0.5, 0.6) is 0 Å². The normalized spacial score (nSPS) is 11.5. The summed E-state index contributed by atoms with van der Waals surface area (Å²) in [5.74, 6) is -1.41. The van der Waals surface area contributed by atoms with E-state index >= 15 is 0 Å². The van der Waals surface area contributed by atoms with Crippen LogP contribution in [0.3, 0.4) is 0 Å². The topological polar surface area (TPSA) is 125 Å². The van der Waals surface area contributed by atoms with Gasteiger partial charge in [0.2, 0.25) is 5.91 Å². The Morgan fingerprint density at radius 2 is 2.15 bits per heavy atom. The van der Waals surface area contributed by atoms with E-state index in [-0.39, 0.29) is 18.9 Å². The van der Waals surface area contributed by atoms with Gasteiger partial charge in [-0.05, 0) is 0 Å². The van der Waals surface area contributed by atoms with Crippen LogP contribution in [0, 0.1) is 0 Å². The highest BCUT2D eigenvalue weighted by atomic mass is 16.4. The molecule has 20 heavy (non-hydrogen) atoms. The molecule has 0 bridgehead atoms. The highest BCUT2D eigenvalue weighted by Crippen LogP contribution is 2.11. The monoisotopic (exact) mass is 283 g/mol. The number of aliphatic carboxylic acids is 1. The Kier molecular flexibility index (Phi) is 5.51. The van der Waals surface area contributed by atoms with Gasteiger partial charge in [0.25, 0.3) is 0 Å². The van der Waals surface area contributed by atoms with Crippen molar-refractivity contribution in [2.24, 2.45) is 7.05 Å². The predicted molar refractivity (Wildman–Crippen MR) is 68.8 cm³/mol. The van der Waals surface area contributed by atoms with E-state index in [4.69, 9.17) is 5.11 Å². The summed E-state index contributed by atoms with van der Waals surface area (Å²) in [5.41, 5.74) is 0.362. The number of urea groups is 1. The molecule has 110 valence electrons. The summed E-state index contributed by atoms with van der Waals surface area (Å²) in [5, 5.41) is 20.1. The molecule has 0 spiro atoms. The van der Waals surface area contributed by atoms with E-state index in [9.17, 15) is 14.4 Å². The van der Waals surface area contributed by atoms with Crippen LogP contribution < -0.4 is 16.0 Å². The van der Waals surface area contributed by atoms with E-state index in [1.54, 1.807) is 7.05 Å². The zero-order valence-corrected chi connectivity index (χ0v) is 11.2. The third-order valence-electron chi connectivity index (χ3n) is 2.50. The van der Waals surface area contributed by atoms with Gasteiger partial charge in [-0.2, -0.15) is 5.10 Å². The lowest BCUT2D eigenvalue weighted by Crippen LogP contribution is -2.41. The van der Waals surface area contributed by atoms with Crippen molar-refractivity contribution in [1.29, 1.82) is 0 Å². The summed E-state index contributed by atoms with van der Waals surface area (Å²) in [6.45, 7) is 0.116. The lowest BCUT2D eigenvalue weighted by atomic mass is 10.1. The minimum absolute atomic E-state index is 0.116. The summed E-state index contributed by atoms with van der Waals surface area (Å²) in [6.07, 6.45) is 2.99. The predicted octanol–water partition coefficient (Wildman–Crippen LogP) is -1.02. The number of rotatable bonds is 6. The molecule has 0 radical (unpaired) electrons. The molecule has 4 N–H and O–H groups in total. The first-order chi connectivity index (χ1) is 9.43. The SMILES string of the molecule is CNC(=O)CCNC(=O)NC(C(=O)O)c1cnn(C)c1. The number of carboxylic acids is 1. The number of hydrogen-bond donors (Lipinski definition) is 4. The molecule has 0 saturated carbocycles. The first kappa shape index (κ1) is 15.5. The fraction of sp³-hybridized carbons (Fsp3) is 0.455. The molecule has 0 fully saturated rings. The van der Waals surface area contributed by atoms with Crippen molar-refractivity contribution in [2.45, 2.75) is 12.5 Å². The smallest absolute Gasteiger partial charge is 0.331 e. The van der Waals surface area contributed by atoms with E-state index in [0.29, 0.717) is 5.56 Å². The fourth-order valence-corrected chi connectivity index (χ4v) is 1.47. The van der Waals surface area contributed by atoms with Gasteiger partial charge in [-0.1, -0.05) is 0 Å². The summed E-state index contributed by atoms with van der Waals surface area (Å²) in [7, 11) is 3.14. The van der Waals surface area contributed by atoms with E-state index in [1.165, 1.54) is 24.1 Å². The van der Waals surface area contributed by atoms with Gasteiger partial charge in [-0.15, -0.1) is 0 Å². The molecule has 0 saturated heterocycles. The summed E-state index contributed by atoms with van der Waals surface area (Å²) >= 11 is 0. The second-order valence-electron chi connectivity index (χ2n) is 4.04. The molecule has 3 amide bonds. The number of aryl methyl sites for hydroxylation is 1. The molecule has 1 atom stereocenters. The standard InChI is InChI=1S/C11H17N5O4/c1-12-8(17)3-4-13-11(20)15-9(10(18)19)7-5-14-16(2)6-7/h5-6,9H,3-4H2,1-2H3,(H,12,17)(H,18,19)(H2,13,15,20). The van der Waals surface area contributed by atoms with Crippen molar-refractivity contribution >= 4 is 17.9 Å². The van der Waals surface area contributed by atoms with Gasteiger partial charge >= 0.3 is 12.0 Å². The van der Waals surface area contributed by atoms with E-state index in [0.717, 1.165) is 0 Å². The van der Waals surface area contributed by atoms with Crippen molar-refractivity contribution in [3.05, 3.63) is 18.0 Å². The van der Waals surface area contributed by atoms with E-state index < -0.39 is 18.0 Å². The zero-order chi connectivity index (χ0) is 15.1. The summed E-state index contributed by atoms with van der Waals surface area (Å²) in [4.78, 5) is 33.7. The van der Waals surface area contributed by atoms with Gasteiger partial charge in [0.15, 0.2) is 6.04 Å². The number of carboxylic acid groups (broad SMARTS) is 1. The molecule has 0 aliphatic rings. The van der Waals surface area contributed by atoms with Gasteiger partial charge in [0, 0.05) is 38.8 Å². The second-order valence-corrected chi connectivity index (χ2v) is 4.04. The highest BCUT2D eigenvalue weighted by Gasteiger charge is 2.23. The molecule has 1 unspecified atom stereocenters. The Morgan fingerprint density at radius 1 is 1.45 bits per heavy atom. The van der Waals surface area contributed by atoms with Crippen LogP contribution in [0.25, 0.3) is 0 Å². The lowest BCUT2D eigenvalue weighted by molar-refractivity contribution is -0.139. The number of carbonyl (C=O) groups is 3. The Morgan fingerprint density at radius 3 is 2.65 bits per heavy atom. The summed E-state index contributed by atoms with van der Waals surface area (Å²) < 4.78 is 1.44. The van der Waals surface area contributed by atoms with Gasteiger partial charge in [0.1, 0.15) is 0 Å². The third-order valence-corrected chi connectivity index (χ3v) is 2.50. The number of amides is 3. The third kappa shape index (κ3) is 4.59. The highest BCUT2D eigenvalue weighted by molar-refractivity contribution is 5.84. The van der Waals surface area contributed by atoms with Crippen molar-refractivity contribution in [3.8, 4) is 0 Å². The van der Waals surface area contributed by atoms with Gasteiger partial charge in [-0.25, -0.2) is 9.59 Å². The number of nitrogens with one attached hydrogen (secondary N) is 3. The maximum Gasteiger partial charge on any atom is 0.331 e. The fourth-order valence-electron chi connectivity index (χ4n) is 1.47. The van der Waals surface area contributed by atoms with E-state index in [1.807, 2.05) is 0 Å². The van der Waals surface area contributed by atoms with Gasteiger partial charge < -0.3 is 21.1 Å². The Labute approximate surface area is 115 Å². The molecule has 0 aromatic carbocycles. The minimum Gasteiger partial charge on any atom is -0.479 e. The average molecular weight is 283 g/mol. The van der Waals surface area contributed by atoms with Crippen molar-refractivity contribution in [1.82, 2.24) is 25.7 Å². The van der Waals surface area contributed by atoms with Crippen molar-refractivity contribution in [3.63, 3.8) is 0 Å². The molecule has 1 aromatic rings. The molecular formula is C11H17N5O4.